The number of benzene rings is 1. The van der Waals surface area contributed by atoms with Crippen LogP contribution in [0.3, 0.4) is 0 Å². The van der Waals surface area contributed by atoms with Crippen LogP contribution in [-0.2, 0) is 9.59 Å². The third-order valence-corrected chi connectivity index (χ3v) is 2.60. The topological polar surface area (TPSA) is 75.6 Å². The average Bonchev–Trinajstić information content (AvgIpc) is 2.33. The number of ether oxygens (including phenoxy) is 1. The number of hydrogen-bond donors (Lipinski definition) is 2. The van der Waals surface area contributed by atoms with E-state index in [9.17, 15) is 9.59 Å². The summed E-state index contributed by atoms with van der Waals surface area (Å²) in [4.78, 5) is 22.2. The summed E-state index contributed by atoms with van der Waals surface area (Å²) in [6, 6.07) is 7.53. The van der Waals surface area contributed by atoms with Gasteiger partial charge in [-0.15, -0.1) is 0 Å². The molecule has 1 amide bonds. The zero-order valence-corrected chi connectivity index (χ0v) is 11.4. The highest BCUT2D eigenvalue weighted by Gasteiger charge is 2.28. The average molecular weight is 265 g/mol. The van der Waals surface area contributed by atoms with Gasteiger partial charge in [0.15, 0.2) is 0 Å². The van der Waals surface area contributed by atoms with Gasteiger partial charge in [-0.05, 0) is 38.5 Å². The molecule has 0 heterocycles. The summed E-state index contributed by atoms with van der Waals surface area (Å²) in [5.74, 6) is -0.717. The van der Waals surface area contributed by atoms with Crippen molar-refractivity contribution in [1.29, 1.82) is 0 Å². The third kappa shape index (κ3) is 4.99. The lowest BCUT2D eigenvalue weighted by Crippen LogP contribution is -2.42. The van der Waals surface area contributed by atoms with Crippen molar-refractivity contribution in [2.75, 3.05) is 13.2 Å². The smallest absolute Gasteiger partial charge is 0.322 e. The molecule has 19 heavy (non-hydrogen) atoms. The highest BCUT2D eigenvalue weighted by atomic mass is 16.5. The van der Waals surface area contributed by atoms with Gasteiger partial charge in [0, 0.05) is 0 Å². The monoisotopic (exact) mass is 265 g/mol. The van der Waals surface area contributed by atoms with E-state index < -0.39 is 11.4 Å². The Labute approximate surface area is 112 Å². The quantitative estimate of drug-likeness (QED) is 0.819. The normalized spacial score (nSPS) is 10.9. The van der Waals surface area contributed by atoms with E-state index in [2.05, 4.69) is 5.32 Å². The lowest BCUT2D eigenvalue weighted by atomic mass is 9.93. The van der Waals surface area contributed by atoms with Gasteiger partial charge in [0.2, 0.25) is 5.91 Å². The first-order valence-corrected chi connectivity index (χ1v) is 6.01. The molecule has 0 unspecified atom stereocenters. The van der Waals surface area contributed by atoms with Gasteiger partial charge in [-0.3, -0.25) is 9.59 Å². The SMILES string of the molecule is Cc1cccc(OCC(C)(C)C(=O)NCC(=O)O)c1. The molecule has 5 nitrogen and oxygen atoms in total. The van der Waals surface area contributed by atoms with Crippen molar-refractivity contribution in [3.63, 3.8) is 0 Å². The van der Waals surface area contributed by atoms with E-state index in [1.54, 1.807) is 13.8 Å². The minimum Gasteiger partial charge on any atom is -0.492 e. The molecule has 1 aromatic rings. The summed E-state index contributed by atoms with van der Waals surface area (Å²) in [7, 11) is 0. The molecule has 0 spiro atoms. The van der Waals surface area contributed by atoms with E-state index in [0.717, 1.165) is 5.56 Å². The molecule has 0 bridgehead atoms. The van der Waals surface area contributed by atoms with Crippen LogP contribution in [0.15, 0.2) is 24.3 Å². The molecular formula is C14H19NO4. The highest BCUT2D eigenvalue weighted by molar-refractivity contribution is 5.85. The number of aryl methyl sites for hydroxylation is 1. The van der Waals surface area contributed by atoms with Crippen molar-refractivity contribution in [1.82, 2.24) is 5.32 Å². The van der Waals surface area contributed by atoms with Crippen molar-refractivity contribution in [2.45, 2.75) is 20.8 Å². The molecule has 0 atom stereocenters. The van der Waals surface area contributed by atoms with E-state index in [1.165, 1.54) is 0 Å². The van der Waals surface area contributed by atoms with Crippen LogP contribution in [0.4, 0.5) is 0 Å². The van der Waals surface area contributed by atoms with Crippen LogP contribution in [0, 0.1) is 12.3 Å². The first kappa shape index (κ1) is 15.0. The lowest BCUT2D eigenvalue weighted by molar-refractivity contribution is -0.140. The van der Waals surface area contributed by atoms with Gasteiger partial charge in [-0.2, -0.15) is 0 Å². The molecule has 1 aromatic carbocycles. The molecule has 0 saturated heterocycles. The van der Waals surface area contributed by atoms with Gasteiger partial charge < -0.3 is 15.2 Å². The Bertz CT molecular complexity index is 468. The van der Waals surface area contributed by atoms with Crippen molar-refractivity contribution < 1.29 is 19.4 Å². The van der Waals surface area contributed by atoms with Gasteiger partial charge >= 0.3 is 5.97 Å². The molecule has 0 fully saturated rings. The van der Waals surface area contributed by atoms with Gasteiger partial charge in [-0.1, -0.05) is 12.1 Å². The maximum absolute atomic E-state index is 11.8. The number of carbonyl (C=O) groups is 2. The molecule has 1 rings (SSSR count). The Hall–Kier alpha value is -2.04. The Kier molecular flexibility index (Phi) is 4.92. The van der Waals surface area contributed by atoms with Crippen LogP contribution >= 0.6 is 0 Å². The van der Waals surface area contributed by atoms with Gasteiger partial charge in [-0.25, -0.2) is 0 Å². The van der Waals surface area contributed by atoms with Gasteiger partial charge in [0.1, 0.15) is 18.9 Å². The Balaban J connectivity index is 2.54. The molecule has 5 heteroatoms. The second-order valence-electron chi connectivity index (χ2n) is 5.07. The first-order chi connectivity index (χ1) is 8.81. The fourth-order valence-corrected chi connectivity index (χ4v) is 1.43. The van der Waals surface area contributed by atoms with Gasteiger partial charge in [0.05, 0.1) is 5.41 Å². The van der Waals surface area contributed by atoms with Crippen LogP contribution in [0.2, 0.25) is 0 Å². The highest BCUT2D eigenvalue weighted by Crippen LogP contribution is 2.19. The minimum atomic E-state index is -1.07. The molecule has 0 saturated carbocycles. The number of aliphatic carboxylic acids is 1. The van der Waals surface area contributed by atoms with E-state index in [1.807, 2.05) is 31.2 Å². The number of rotatable bonds is 6. The molecule has 0 aliphatic carbocycles. The second kappa shape index (κ2) is 6.22. The summed E-state index contributed by atoms with van der Waals surface area (Å²) in [5.41, 5.74) is 0.282. The molecule has 0 aliphatic heterocycles. The Morgan fingerprint density at radius 2 is 2.05 bits per heavy atom. The van der Waals surface area contributed by atoms with Crippen LogP contribution in [0.5, 0.6) is 5.75 Å². The van der Waals surface area contributed by atoms with Crippen LogP contribution in [0.25, 0.3) is 0 Å². The molecule has 0 aliphatic rings. The van der Waals surface area contributed by atoms with E-state index in [0.29, 0.717) is 5.75 Å². The maximum atomic E-state index is 11.8. The zero-order valence-electron chi connectivity index (χ0n) is 11.4. The fourth-order valence-electron chi connectivity index (χ4n) is 1.43. The summed E-state index contributed by atoms with van der Waals surface area (Å²) in [5, 5.41) is 10.9. The second-order valence-corrected chi connectivity index (χ2v) is 5.07. The Morgan fingerprint density at radius 1 is 1.37 bits per heavy atom. The number of amides is 1. The number of carboxylic acids is 1. The summed E-state index contributed by atoms with van der Waals surface area (Å²) >= 11 is 0. The predicted octanol–water partition coefficient (Wildman–Crippen LogP) is 1.60. The Morgan fingerprint density at radius 3 is 2.63 bits per heavy atom. The molecular weight excluding hydrogens is 246 g/mol. The standard InChI is InChI=1S/C14H19NO4/c1-10-5-4-6-11(7-10)19-9-14(2,3)13(18)15-8-12(16)17/h4-7H,8-9H2,1-3H3,(H,15,18)(H,16,17). The minimum absolute atomic E-state index is 0.182. The summed E-state index contributed by atoms with van der Waals surface area (Å²) in [6.07, 6.45) is 0. The fraction of sp³-hybridized carbons (Fsp3) is 0.429. The van der Waals surface area contributed by atoms with Gasteiger partial charge in [0.25, 0.3) is 0 Å². The van der Waals surface area contributed by atoms with Crippen molar-refractivity contribution in [3.05, 3.63) is 29.8 Å². The zero-order chi connectivity index (χ0) is 14.5. The van der Waals surface area contributed by atoms with Crippen LogP contribution < -0.4 is 10.1 Å². The largest absolute Gasteiger partial charge is 0.492 e. The van der Waals surface area contributed by atoms with Crippen molar-refractivity contribution in [2.24, 2.45) is 5.41 Å². The van der Waals surface area contributed by atoms with E-state index in [4.69, 9.17) is 9.84 Å². The molecule has 0 radical (unpaired) electrons. The number of hydrogen-bond acceptors (Lipinski definition) is 3. The van der Waals surface area contributed by atoms with Crippen molar-refractivity contribution in [3.8, 4) is 5.75 Å². The van der Waals surface area contributed by atoms with Crippen LogP contribution in [0.1, 0.15) is 19.4 Å². The summed E-state index contributed by atoms with van der Waals surface area (Å²) in [6.45, 7) is 5.17. The molecule has 0 aromatic heterocycles. The molecule has 104 valence electrons. The van der Waals surface area contributed by atoms with E-state index in [-0.39, 0.29) is 19.1 Å². The number of carboxylic acid groups (broad SMARTS) is 1. The number of nitrogens with one attached hydrogen (secondary N) is 1. The lowest BCUT2D eigenvalue weighted by Gasteiger charge is -2.23. The maximum Gasteiger partial charge on any atom is 0.322 e. The predicted molar refractivity (Wildman–Crippen MR) is 71.1 cm³/mol. The third-order valence-electron chi connectivity index (χ3n) is 2.60. The molecule has 2 N–H and O–H groups in total. The summed E-state index contributed by atoms with van der Waals surface area (Å²) < 4.78 is 5.57. The van der Waals surface area contributed by atoms with E-state index >= 15 is 0 Å². The van der Waals surface area contributed by atoms with Crippen molar-refractivity contribution >= 4 is 11.9 Å². The number of carbonyl (C=O) groups excluding carboxylic acids is 1. The first-order valence-electron chi connectivity index (χ1n) is 6.01. The van der Waals surface area contributed by atoms with Crippen LogP contribution in [-0.4, -0.2) is 30.1 Å².